The predicted octanol–water partition coefficient (Wildman–Crippen LogP) is 4.36. The molecule has 1 aliphatic heterocycles. The molecule has 0 bridgehead atoms. The summed E-state index contributed by atoms with van der Waals surface area (Å²) in [5.41, 5.74) is 6.54. The van der Waals surface area contributed by atoms with Crippen LogP contribution in [0.2, 0.25) is 0 Å². The van der Waals surface area contributed by atoms with Crippen LogP contribution < -0.4 is 5.43 Å². The van der Waals surface area contributed by atoms with E-state index >= 15 is 0 Å². The highest BCUT2D eigenvalue weighted by atomic mass is 15.3. The maximum Gasteiger partial charge on any atom is 0.0561 e. The molecule has 23 heavy (non-hydrogen) atoms. The smallest absolute Gasteiger partial charge is 0.0561 e. The second-order valence-corrected chi connectivity index (χ2v) is 6.46. The molecule has 1 atom stereocenters. The zero-order valence-electron chi connectivity index (χ0n) is 13.8. The van der Waals surface area contributed by atoms with Gasteiger partial charge in [-0.05, 0) is 48.6 Å². The molecule has 0 amide bonds. The average molecular weight is 307 g/mol. The lowest BCUT2D eigenvalue weighted by atomic mass is 10.00. The summed E-state index contributed by atoms with van der Waals surface area (Å²) >= 11 is 0. The summed E-state index contributed by atoms with van der Waals surface area (Å²) in [5, 5.41) is 4.28. The van der Waals surface area contributed by atoms with Gasteiger partial charge in [0.2, 0.25) is 0 Å². The molecule has 3 rings (SSSR count). The van der Waals surface area contributed by atoms with E-state index in [2.05, 4.69) is 46.6 Å². The van der Waals surface area contributed by atoms with Crippen LogP contribution in [0.3, 0.4) is 0 Å². The Balaban J connectivity index is 1.52. The van der Waals surface area contributed by atoms with E-state index < -0.39 is 0 Å². The predicted molar refractivity (Wildman–Crippen MR) is 97.8 cm³/mol. The van der Waals surface area contributed by atoms with Crippen LogP contribution in [0.4, 0.5) is 5.69 Å². The van der Waals surface area contributed by atoms with E-state index in [-0.39, 0.29) is 0 Å². The maximum absolute atomic E-state index is 4.28. The molecular weight excluding hydrogens is 282 g/mol. The molecular formula is C20H25N3. The van der Waals surface area contributed by atoms with E-state index in [1.807, 2.05) is 36.5 Å². The topological polar surface area (TPSA) is 27.6 Å². The number of rotatable bonds is 5. The third-order valence-corrected chi connectivity index (χ3v) is 4.31. The molecule has 120 valence electrons. The zero-order valence-corrected chi connectivity index (χ0v) is 13.8. The lowest BCUT2D eigenvalue weighted by molar-refractivity contribution is 0.176. The third-order valence-electron chi connectivity index (χ3n) is 4.31. The van der Waals surface area contributed by atoms with Gasteiger partial charge in [-0.1, -0.05) is 49.4 Å². The lowest BCUT2D eigenvalue weighted by Crippen LogP contribution is -2.33. The molecule has 2 aromatic carbocycles. The summed E-state index contributed by atoms with van der Waals surface area (Å²) in [6.45, 7) is 5.87. The second kappa shape index (κ2) is 7.93. The molecule has 2 aromatic rings. The van der Waals surface area contributed by atoms with E-state index in [1.165, 1.54) is 31.5 Å². The maximum atomic E-state index is 4.28. The number of hydrogen-bond acceptors (Lipinski definition) is 3. The first-order chi connectivity index (χ1) is 11.3. The first-order valence-corrected chi connectivity index (χ1v) is 8.45. The van der Waals surface area contributed by atoms with Gasteiger partial charge in [-0.3, -0.25) is 10.3 Å². The summed E-state index contributed by atoms with van der Waals surface area (Å²) in [5.74, 6) is 0.833. The second-order valence-electron chi connectivity index (χ2n) is 6.46. The molecule has 1 saturated heterocycles. The van der Waals surface area contributed by atoms with Gasteiger partial charge < -0.3 is 0 Å². The van der Waals surface area contributed by atoms with Gasteiger partial charge in [0.25, 0.3) is 0 Å². The van der Waals surface area contributed by atoms with Crippen LogP contribution in [0.15, 0.2) is 59.7 Å². The largest absolute Gasteiger partial charge is 0.299 e. The van der Waals surface area contributed by atoms with Crippen molar-refractivity contribution in [3.8, 4) is 0 Å². The summed E-state index contributed by atoms with van der Waals surface area (Å²) in [4.78, 5) is 2.56. The Hall–Kier alpha value is -2.13. The minimum Gasteiger partial charge on any atom is -0.299 e. The number of para-hydroxylation sites is 1. The molecule has 1 heterocycles. The average Bonchev–Trinajstić information content (AvgIpc) is 2.58. The van der Waals surface area contributed by atoms with Gasteiger partial charge in [-0.25, -0.2) is 0 Å². The molecule has 0 radical (unpaired) electrons. The summed E-state index contributed by atoms with van der Waals surface area (Å²) in [6.07, 6.45) is 4.57. The van der Waals surface area contributed by atoms with Crippen molar-refractivity contribution >= 4 is 11.9 Å². The molecule has 0 saturated carbocycles. The molecule has 0 spiro atoms. The van der Waals surface area contributed by atoms with Crippen LogP contribution in [0, 0.1) is 5.92 Å². The van der Waals surface area contributed by atoms with E-state index in [1.54, 1.807) is 0 Å². The number of hydrogen-bond donors (Lipinski definition) is 1. The van der Waals surface area contributed by atoms with Crippen LogP contribution in [-0.4, -0.2) is 24.2 Å². The van der Waals surface area contributed by atoms with Crippen molar-refractivity contribution in [2.45, 2.75) is 26.3 Å². The van der Waals surface area contributed by atoms with E-state index in [4.69, 9.17) is 0 Å². The number of anilines is 1. The molecule has 0 aliphatic carbocycles. The Labute approximate surface area is 139 Å². The van der Waals surface area contributed by atoms with Gasteiger partial charge in [0.05, 0.1) is 11.9 Å². The standard InChI is InChI=1S/C20H25N3/c1-17-6-5-13-23(15-17)16-19-11-9-18(10-12-19)14-21-22-20-7-3-2-4-8-20/h2-4,7-12,14,17,22H,5-6,13,15-16H2,1H3. The van der Waals surface area contributed by atoms with Crippen LogP contribution in [0.5, 0.6) is 0 Å². The summed E-state index contributed by atoms with van der Waals surface area (Å²) in [7, 11) is 0. The quantitative estimate of drug-likeness (QED) is 0.656. The fraction of sp³-hybridized carbons (Fsp3) is 0.350. The highest BCUT2D eigenvalue weighted by Crippen LogP contribution is 2.17. The Morgan fingerprint density at radius 3 is 2.65 bits per heavy atom. The number of hydrazone groups is 1. The fourth-order valence-corrected chi connectivity index (χ4v) is 3.09. The molecule has 0 aromatic heterocycles. The molecule has 1 N–H and O–H groups in total. The lowest BCUT2D eigenvalue weighted by Gasteiger charge is -2.30. The number of nitrogens with zero attached hydrogens (tertiary/aromatic N) is 2. The van der Waals surface area contributed by atoms with Crippen molar-refractivity contribution in [3.63, 3.8) is 0 Å². The van der Waals surface area contributed by atoms with Gasteiger partial charge in [-0.15, -0.1) is 0 Å². The van der Waals surface area contributed by atoms with Gasteiger partial charge in [-0.2, -0.15) is 5.10 Å². The molecule has 3 nitrogen and oxygen atoms in total. The van der Waals surface area contributed by atoms with Crippen LogP contribution in [0.25, 0.3) is 0 Å². The minimum absolute atomic E-state index is 0.833. The Kier molecular flexibility index (Phi) is 5.43. The highest BCUT2D eigenvalue weighted by molar-refractivity contribution is 5.80. The van der Waals surface area contributed by atoms with Gasteiger partial charge in [0.1, 0.15) is 0 Å². The van der Waals surface area contributed by atoms with Gasteiger partial charge >= 0.3 is 0 Å². The number of benzene rings is 2. The van der Waals surface area contributed by atoms with Crippen molar-refractivity contribution in [1.29, 1.82) is 0 Å². The highest BCUT2D eigenvalue weighted by Gasteiger charge is 2.15. The molecule has 3 heteroatoms. The van der Waals surface area contributed by atoms with E-state index in [0.717, 1.165) is 23.7 Å². The molecule has 1 aliphatic rings. The normalized spacial score (nSPS) is 19.1. The SMILES string of the molecule is CC1CCCN(Cc2ccc(C=NNc3ccccc3)cc2)C1. The van der Waals surface area contributed by atoms with Crippen molar-refractivity contribution in [2.75, 3.05) is 18.5 Å². The Morgan fingerprint density at radius 2 is 1.91 bits per heavy atom. The van der Waals surface area contributed by atoms with E-state index in [9.17, 15) is 0 Å². The molecule has 1 fully saturated rings. The van der Waals surface area contributed by atoms with Crippen LogP contribution in [-0.2, 0) is 6.54 Å². The molecule has 1 unspecified atom stereocenters. The Morgan fingerprint density at radius 1 is 1.13 bits per heavy atom. The summed E-state index contributed by atoms with van der Waals surface area (Å²) < 4.78 is 0. The van der Waals surface area contributed by atoms with Crippen LogP contribution >= 0.6 is 0 Å². The fourth-order valence-electron chi connectivity index (χ4n) is 3.09. The Bertz CT molecular complexity index is 619. The van der Waals surface area contributed by atoms with Gasteiger partial charge in [0, 0.05) is 13.1 Å². The number of nitrogens with one attached hydrogen (secondary N) is 1. The van der Waals surface area contributed by atoms with Crippen molar-refractivity contribution in [2.24, 2.45) is 11.0 Å². The number of piperidine rings is 1. The van der Waals surface area contributed by atoms with Crippen molar-refractivity contribution in [1.82, 2.24) is 4.90 Å². The summed E-state index contributed by atoms with van der Waals surface area (Å²) in [6, 6.07) is 18.7. The van der Waals surface area contributed by atoms with E-state index in [0.29, 0.717) is 0 Å². The zero-order chi connectivity index (χ0) is 15.9. The van der Waals surface area contributed by atoms with Gasteiger partial charge in [0.15, 0.2) is 0 Å². The van der Waals surface area contributed by atoms with Crippen LogP contribution in [0.1, 0.15) is 30.9 Å². The third kappa shape index (κ3) is 4.93. The first kappa shape index (κ1) is 15.8. The van der Waals surface area contributed by atoms with Crippen molar-refractivity contribution in [3.05, 3.63) is 65.7 Å². The van der Waals surface area contributed by atoms with Crippen molar-refractivity contribution < 1.29 is 0 Å². The number of likely N-dealkylation sites (tertiary alicyclic amines) is 1. The monoisotopic (exact) mass is 307 g/mol. The minimum atomic E-state index is 0.833. The first-order valence-electron chi connectivity index (χ1n) is 8.45.